The number of carbonyl (C=O) groups is 2. The number of halogens is 1. The smallest absolute Gasteiger partial charge is 0.273 e. The third-order valence-electron chi connectivity index (χ3n) is 5.60. The number of rotatable bonds is 10. The van der Waals surface area contributed by atoms with Crippen molar-refractivity contribution in [2.24, 2.45) is 0 Å². The molecule has 4 rings (SSSR count). The fourth-order valence-corrected chi connectivity index (χ4v) is 3.94. The summed E-state index contributed by atoms with van der Waals surface area (Å²) in [6.07, 6.45) is 5.08. The van der Waals surface area contributed by atoms with Crippen LogP contribution in [0, 0.1) is 0 Å². The number of benzene rings is 1. The van der Waals surface area contributed by atoms with Crippen LogP contribution in [0.3, 0.4) is 0 Å². The molecule has 2 aliphatic rings. The van der Waals surface area contributed by atoms with E-state index in [0.29, 0.717) is 30.5 Å². The summed E-state index contributed by atoms with van der Waals surface area (Å²) in [5.41, 5.74) is 0.171. The molecule has 2 aromatic rings. The number of carbonyl (C=O) groups excluding carboxylic acids is 2. The lowest BCUT2D eigenvalue weighted by molar-refractivity contribution is -0.136. The molecule has 2 aliphatic heterocycles. The van der Waals surface area contributed by atoms with Gasteiger partial charge in [0.1, 0.15) is 12.0 Å². The Labute approximate surface area is 197 Å². The van der Waals surface area contributed by atoms with Crippen LogP contribution in [0.2, 0.25) is 5.02 Å². The van der Waals surface area contributed by atoms with E-state index >= 15 is 0 Å². The maximum absolute atomic E-state index is 12.9. The van der Waals surface area contributed by atoms with Crippen LogP contribution in [0.4, 0.5) is 0 Å². The quantitative estimate of drug-likeness (QED) is 0.561. The number of oxazole rings is 1. The van der Waals surface area contributed by atoms with Gasteiger partial charge in [-0.25, -0.2) is 4.98 Å². The lowest BCUT2D eigenvalue weighted by Gasteiger charge is -2.24. The number of nitrogens with one attached hydrogen (secondary N) is 1. The molecule has 0 radical (unpaired) electrons. The molecule has 3 heterocycles. The highest BCUT2D eigenvalue weighted by Gasteiger charge is 2.25. The molecule has 10 heteroatoms. The molecular weight excluding hydrogens is 450 g/mol. The molecule has 0 saturated carbocycles. The van der Waals surface area contributed by atoms with Gasteiger partial charge in [0.25, 0.3) is 11.8 Å². The first-order valence-electron chi connectivity index (χ1n) is 11.2. The number of amides is 2. The second-order valence-electron chi connectivity index (χ2n) is 8.12. The standard InChI is InChI=1S/C23H28ClN3O6/c24-16-5-7-17(8-6-16)32-15-22(28)27(12-19-4-2-10-31-19)13-21-26-20(14-33-21)23(29)25-11-18-3-1-9-30-18/h5-8,14,18-19H,1-4,9-13,15H2,(H,25,29). The molecule has 2 atom stereocenters. The summed E-state index contributed by atoms with van der Waals surface area (Å²) in [6.45, 7) is 2.21. The average molecular weight is 478 g/mol. The second-order valence-corrected chi connectivity index (χ2v) is 8.56. The van der Waals surface area contributed by atoms with Gasteiger partial charge in [0.2, 0.25) is 5.89 Å². The minimum Gasteiger partial charge on any atom is -0.484 e. The first kappa shape index (κ1) is 23.5. The van der Waals surface area contributed by atoms with Gasteiger partial charge in [-0.15, -0.1) is 0 Å². The summed E-state index contributed by atoms with van der Waals surface area (Å²) >= 11 is 5.89. The van der Waals surface area contributed by atoms with Crippen LogP contribution in [-0.4, -0.2) is 66.8 Å². The van der Waals surface area contributed by atoms with Crippen LogP contribution < -0.4 is 10.1 Å². The van der Waals surface area contributed by atoms with E-state index in [9.17, 15) is 9.59 Å². The molecule has 2 unspecified atom stereocenters. The van der Waals surface area contributed by atoms with Crippen molar-refractivity contribution < 1.29 is 28.2 Å². The molecule has 0 aliphatic carbocycles. The van der Waals surface area contributed by atoms with Gasteiger partial charge >= 0.3 is 0 Å². The molecule has 178 valence electrons. The van der Waals surface area contributed by atoms with E-state index in [1.165, 1.54) is 6.26 Å². The summed E-state index contributed by atoms with van der Waals surface area (Å²) in [5, 5.41) is 3.41. The maximum Gasteiger partial charge on any atom is 0.273 e. The Bertz CT molecular complexity index is 923. The van der Waals surface area contributed by atoms with Crippen LogP contribution in [0.25, 0.3) is 0 Å². The molecule has 2 amide bonds. The topological polar surface area (TPSA) is 103 Å². The van der Waals surface area contributed by atoms with E-state index in [-0.39, 0.29) is 48.8 Å². The van der Waals surface area contributed by atoms with Crippen molar-refractivity contribution >= 4 is 23.4 Å². The Balaban J connectivity index is 1.34. The number of hydrogen-bond acceptors (Lipinski definition) is 7. The first-order chi connectivity index (χ1) is 16.1. The lowest BCUT2D eigenvalue weighted by Crippen LogP contribution is -2.39. The SMILES string of the molecule is O=C(NCC1CCCO1)c1coc(CN(CC2CCCO2)C(=O)COc2ccc(Cl)cc2)n1. The monoisotopic (exact) mass is 477 g/mol. The zero-order valence-corrected chi connectivity index (χ0v) is 19.1. The number of hydrogen-bond donors (Lipinski definition) is 1. The Kier molecular flexibility index (Phi) is 8.20. The molecule has 0 spiro atoms. The molecular formula is C23H28ClN3O6. The van der Waals surface area contributed by atoms with E-state index < -0.39 is 0 Å². The molecule has 9 nitrogen and oxygen atoms in total. The van der Waals surface area contributed by atoms with E-state index in [0.717, 1.165) is 32.3 Å². The van der Waals surface area contributed by atoms with Crippen molar-refractivity contribution in [2.45, 2.75) is 44.4 Å². The highest BCUT2D eigenvalue weighted by atomic mass is 35.5. The lowest BCUT2D eigenvalue weighted by atomic mass is 10.2. The number of nitrogens with zero attached hydrogens (tertiary/aromatic N) is 2. The molecule has 33 heavy (non-hydrogen) atoms. The summed E-state index contributed by atoms with van der Waals surface area (Å²) in [6, 6.07) is 6.80. The highest BCUT2D eigenvalue weighted by Crippen LogP contribution is 2.18. The van der Waals surface area contributed by atoms with Crippen LogP contribution in [0.1, 0.15) is 42.1 Å². The van der Waals surface area contributed by atoms with Crippen molar-refractivity contribution in [3.05, 3.63) is 47.1 Å². The Morgan fingerprint density at radius 1 is 1.12 bits per heavy atom. The van der Waals surface area contributed by atoms with E-state index in [2.05, 4.69) is 10.3 Å². The maximum atomic E-state index is 12.9. The van der Waals surface area contributed by atoms with Gasteiger partial charge in [-0.2, -0.15) is 0 Å². The van der Waals surface area contributed by atoms with Gasteiger partial charge in [-0.05, 0) is 49.9 Å². The number of ether oxygens (including phenoxy) is 3. The Morgan fingerprint density at radius 3 is 2.55 bits per heavy atom. The highest BCUT2D eigenvalue weighted by molar-refractivity contribution is 6.30. The fourth-order valence-electron chi connectivity index (χ4n) is 3.81. The van der Waals surface area contributed by atoms with Crippen LogP contribution in [0.15, 0.2) is 34.9 Å². The zero-order valence-electron chi connectivity index (χ0n) is 18.3. The van der Waals surface area contributed by atoms with Gasteiger partial charge in [0.05, 0.1) is 18.8 Å². The van der Waals surface area contributed by atoms with Crippen LogP contribution >= 0.6 is 11.6 Å². The van der Waals surface area contributed by atoms with E-state index in [1.807, 2.05) is 0 Å². The summed E-state index contributed by atoms with van der Waals surface area (Å²) in [7, 11) is 0. The molecule has 2 saturated heterocycles. The Morgan fingerprint density at radius 2 is 1.85 bits per heavy atom. The van der Waals surface area contributed by atoms with Gasteiger partial charge < -0.3 is 28.8 Å². The minimum absolute atomic E-state index is 0.0421. The van der Waals surface area contributed by atoms with Gasteiger partial charge in [0, 0.05) is 31.3 Å². The molecule has 2 fully saturated rings. The van der Waals surface area contributed by atoms with Crippen molar-refractivity contribution in [1.82, 2.24) is 15.2 Å². The van der Waals surface area contributed by atoms with E-state index in [1.54, 1.807) is 29.2 Å². The average Bonchev–Trinajstić information content (AvgIpc) is 3.60. The van der Waals surface area contributed by atoms with Crippen LogP contribution in [0.5, 0.6) is 5.75 Å². The van der Waals surface area contributed by atoms with Gasteiger partial charge in [0.15, 0.2) is 12.3 Å². The normalized spacial score (nSPS) is 20.0. The molecule has 0 bridgehead atoms. The van der Waals surface area contributed by atoms with Crippen molar-refractivity contribution in [3.63, 3.8) is 0 Å². The van der Waals surface area contributed by atoms with Crippen molar-refractivity contribution in [1.29, 1.82) is 0 Å². The zero-order chi connectivity index (χ0) is 23.0. The third kappa shape index (κ3) is 6.93. The van der Waals surface area contributed by atoms with Crippen molar-refractivity contribution in [3.8, 4) is 5.75 Å². The predicted octanol–water partition coefficient (Wildman–Crippen LogP) is 2.82. The van der Waals surface area contributed by atoms with Gasteiger partial charge in [-0.3, -0.25) is 9.59 Å². The summed E-state index contributed by atoms with van der Waals surface area (Å²) in [4.78, 5) is 31.2. The summed E-state index contributed by atoms with van der Waals surface area (Å²) < 4.78 is 22.3. The van der Waals surface area contributed by atoms with Crippen LogP contribution in [-0.2, 0) is 20.8 Å². The Hall–Kier alpha value is -2.62. The fraction of sp³-hybridized carbons (Fsp3) is 0.522. The molecule has 1 aromatic carbocycles. The third-order valence-corrected chi connectivity index (χ3v) is 5.85. The molecule has 1 aromatic heterocycles. The second kappa shape index (κ2) is 11.5. The number of aromatic nitrogens is 1. The minimum atomic E-state index is -0.330. The largest absolute Gasteiger partial charge is 0.484 e. The summed E-state index contributed by atoms with van der Waals surface area (Å²) in [5.74, 6) is 0.257. The molecule has 1 N–H and O–H groups in total. The predicted molar refractivity (Wildman–Crippen MR) is 119 cm³/mol. The first-order valence-corrected chi connectivity index (χ1v) is 11.6. The van der Waals surface area contributed by atoms with E-state index in [4.69, 9.17) is 30.2 Å². The van der Waals surface area contributed by atoms with Gasteiger partial charge in [-0.1, -0.05) is 11.6 Å². The van der Waals surface area contributed by atoms with Crippen molar-refractivity contribution in [2.75, 3.05) is 32.9 Å².